The summed E-state index contributed by atoms with van der Waals surface area (Å²) < 4.78 is 5.69. The topological polar surface area (TPSA) is 95.0 Å². The predicted octanol–water partition coefficient (Wildman–Crippen LogP) is 1.37. The van der Waals surface area contributed by atoms with Crippen molar-refractivity contribution in [2.75, 3.05) is 44.7 Å². The summed E-state index contributed by atoms with van der Waals surface area (Å²) in [4.78, 5) is 32.6. The zero-order chi connectivity index (χ0) is 20.1. The van der Waals surface area contributed by atoms with E-state index in [0.717, 1.165) is 25.3 Å². The summed E-state index contributed by atoms with van der Waals surface area (Å²) in [6.45, 7) is 6.20. The minimum atomic E-state index is -0.989. The molecular weight excluding hydrogens is 360 g/mol. The molecule has 0 aliphatic carbocycles. The van der Waals surface area contributed by atoms with Crippen molar-refractivity contribution in [1.29, 1.82) is 0 Å². The summed E-state index contributed by atoms with van der Waals surface area (Å²) in [7, 11) is 1.60. The predicted molar refractivity (Wildman–Crippen MR) is 106 cm³/mol. The van der Waals surface area contributed by atoms with Gasteiger partial charge in [0.1, 0.15) is 11.4 Å². The largest absolute Gasteiger partial charge is 0.478 e. The molecule has 1 aromatic rings. The molecule has 1 aromatic heterocycles. The zero-order valence-electron chi connectivity index (χ0n) is 16.7. The molecule has 0 bridgehead atoms. The number of ether oxygens (including phenoxy) is 1. The number of pyridine rings is 1. The number of likely N-dealkylation sites (N-methyl/N-ethyl adjacent to an activating group) is 1. The summed E-state index contributed by atoms with van der Waals surface area (Å²) in [5.74, 6) is -0.303. The highest BCUT2D eigenvalue weighted by molar-refractivity contribution is 5.87. The molecule has 1 unspecified atom stereocenters. The Balaban J connectivity index is 1.56. The van der Waals surface area contributed by atoms with Crippen molar-refractivity contribution in [1.82, 2.24) is 15.2 Å². The number of hydrogen-bond acceptors (Lipinski definition) is 6. The van der Waals surface area contributed by atoms with Gasteiger partial charge in [0.2, 0.25) is 0 Å². The molecular formula is C20H30N4O4. The van der Waals surface area contributed by atoms with E-state index < -0.39 is 11.6 Å². The van der Waals surface area contributed by atoms with Crippen molar-refractivity contribution < 1.29 is 19.4 Å². The van der Waals surface area contributed by atoms with E-state index in [1.54, 1.807) is 19.2 Å². The summed E-state index contributed by atoms with van der Waals surface area (Å²) in [6.07, 6.45) is 4.82. The highest BCUT2D eigenvalue weighted by Crippen LogP contribution is 2.29. The monoisotopic (exact) mass is 390 g/mol. The van der Waals surface area contributed by atoms with Crippen LogP contribution in [-0.4, -0.2) is 78.3 Å². The molecule has 1 amide bonds. The van der Waals surface area contributed by atoms with Gasteiger partial charge >= 0.3 is 5.97 Å². The van der Waals surface area contributed by atoms with Crippen LogP contribution in [0.25, 0.3) is 0 Å². The molecule has 1 atom stereocenters. The first kappa shape index (κ1) is 20.5. The normalized spacial score (nSPS) is 22.2. The van der Waals surface area contributed by atoms with E-state index in [4.69, 9.17) is 9.84 Å². The molecule has 2 aliphatic rings. The average molecular weight is 390 g/mol. The maximum atomic E-state index is 12.9. The highest BCUT2D eigenvalue weighted by atomic mass is 16.5. The van der Waals surface area contributed by atoms with E-state index in [1.165, 1.54) is 12.6 Å². The van der Waals surface area contributed by atoms with Crippen LogP contribution in [0, 0.1) is 0 Å². The van der Waals surface area contributed by atoms with Crippen LogP contribution >= 0.6 is 0 Å². The smallest absolute Gasteiger partial charge is 0.337 e. The SMILES string of the molecule is CCN1CCCC1CNC(=O)C1(OC)CCN(c2ccc(C(=O)O)cn2)CC1. The van der Waals surface area contributed by atoms with E-state index in [0.29, 0.717) is 38.5 Å². The Kier molecular flexibility index (Phi) is 6.51. The lowest BCUT2D eigenvalue weighted by atomic mass is 9.90. The first-order valence-corrected chi connectivity index (χ1v) is 10.0. The molecule has 2 aliphatic heterocycles. The van der Waals surface area contributed by atoms with E-state index in [1.807, 2.05) is 0 Å². The first-order valence-electron chi connectivity index (χ1n) is 10.0. The molecule has 2 fully saturated rings. The Bertz CT molecular complexity index is 686. The van der Waals surface area contributed by atoms with Crippen LogP contribution in [0.1, 0.15) is 43.0 Å². The van der Waals surface area contributed by atoms with Gasteiger partial charge in [-0.05, 0) is 38.1 Å². The fourth-order valence-corrected chi connectivity index (χ4v) is 4.23. The van der Waals surface area contributed by atoms with Crippen molar-refractivity contribution >= 4 is 17.7 Å². The van der Waals surface area contributed by atoms with Gasteiger partial charge in [-0.15, -0.1) is 0 Å². The highest BCUT2D eigenvalue weighted by Gasteiger charge is 2.42. The van der Waals surface area contributed by atoms with Gasteiger partial charge in [-0.3, -0.25) is 9.69 Å². The standard InChI is InChI=1S/C20H30N4O4/c1-3-23-10-4-5-16(23)14-22-19(27)20(28-2)8-11-24(12-9-20)17-7-6-15(13-21-17)18(25)26/h6-7,13,16H,3-5,8-12,14H2,1-2H3,(H,22,27)(H,25,26). The molecule has 28 heavy (non-hydrogen) atoms. The zero-order valence-corrected chi connectivity index (χ0v) is 16.7. The Morgan fingerprint density at radius 2 is 2.07 bits per heavy atom. The lowest BCUT2D eigenvalue weighted by Crippen LogP contribution is -2.56. The third kappa shape index (κ3) is 4.28. The van der Waals surface area contributed by atoms with Crippen molar-refractivity contribution in [3.63, 3.8) is 0 Å². The van der Waals surface area contributed by atoms with Gasteiger partial charge in [0.05, 0.1) is 5.56 Å². The summed E-state index contributed by atoms with van der Waals surface area (Å²) in [5, 5.41) is 12.1. The molecule has 0 radical (unpaired) electrons. The first-order chi connectivity index (χ1) is 13.5. The Labute approximate surface area is 165 Å². The molecule has 0 spiro atoms. The minimum absolute atomic E-state index is 0.0354. The van der Waals surface area contributed by atoms with E-state index >= 15 is 0 Å². The van der Waals surface area contributed by atoms with Crippen molar-refractivity contribution in [3.8, 4) is 0 Å². The molecule has 154 valence electrons. The summed E-state index contributed by atoms with van der Waals surface area (Å²) in [6, 6.07) is 3.68. The Morgan fingerprint density at radius 1 is 1.32 bits per heavy atom. The number of amides is 1. The van der Waals surface area contributed by atoms with Gasteiger partial charge in [-0.2, -0.15) is 0 Å². The second kappa shape index (κ2) is 8.87. The summed E-state index contributed by atoms with van der Waals surface area (Å²) >= 11 is 0. The van der Waals surface area contributed by atoms with Crippen molar-refractivity contribution in [2.45, 2.75) is 44.2 Å². The summed E-state index contributed by atoms with van der Waals surface area (Å²) in [5.41, 5.74) is -0.646. The number of likely N-dealkylation sites (tertiary alicyclic amines) is 1. The Hall–Kier alpha value is -2.19. The number of anilines is 1. The molecule has 2 saturated heterocycles. The molecule has 8 heteroatoms. The number of carboxylic acids is 1. The second-order valence-electron chi connectivity index (χ2n) is 7.53. The Morgan fingerprint density at radius 3 is 2.64 bits per heavy atom. The number of methoxy groups -OCH3 is 1. The van der Waals surface area contributed by atoms with Gasteiger partial charge < -0.3 is 20.1 Å². The third-order valence-corrected chi connectivity index (χ3v) is 6.10. The maximum Gasteiger partial charge on any atom is 0.337 e. The lowest BCUT2D eigenvalue weighted by Gasteiger charge is -2.40. The van der Waals surface area contributed by atoms with Gasteiger partial charge in [0.25, 0.3) is 5.91 Å². The average Bonchev–Trinajstić information content (AvgIpc) is 3.19. The number of carbonyl (C=O) groups excluding carboxylic acids is 1. The number of piperidine rings is 1. The minimum Gasteiger partial charge on any atom is -0.478 e. The number of nitrogens with zero attached hydrogens (tertiary/aromatic N) is 3. The molecule has 0 aromatic carbocycles. The van der Waals surface area contributed by atoms with Crippen LogP contribution in [0.3, 0.4) is 0 Å². The van der Waals surface area contributed by atoms with Gasteiger partial charge in [0.15, 0.2) is 0 Å². The van der Waals surface area contributed by atoms with E-state index in [9.17, 15) is 9.59 Å². The number of carbonyl (C=O) groups is 2. The number of nitrogens with one attached hydrogen (secondary N) is 1. The van der Waals surface area contributed by atoms with E-state index in [2.05, 4.69) is 27.0 Å². The van der Waals surface area contributed by atoms with E-state index in [-0.39, 0.29) is 11.5 Å². The fourth-order valence-electron chi connectivity index (χ4n) is 4.23. The van der Waals surface area contributed by atoms with Crippen molar-refractivity contribution in [3.05, 3.63) is 23.9 Å². The van der Waals surface area contributed by atoms with Gasteiger partial charge in [-0.25, -0.2) is 9.78 Å². The maximum absolute atomic E-state index is 12.9. The van der Waals surface area contributed by atoms with Gasteiger partial charge in [0, 0.05) is 51.8 Å². The van der Waals surface area contributed by atoms with Crippen LogP contribution in [0.4, 0.5) is 5.82 Å². The van der Waals surface area contributed by atoms with Crippen molar-refractivity contribution in [2.24, 2.45) is 0 Å². The van der Waals surface area contributed by atoms with Crippen LogP contribution in [0.15, 0.2) is 18.3 Å². The lowest BCUT2D eigenvalue weighted by molar-refractivity contribution is -0.146. The third-order valence-electron chi connectivity index (χ3n) is 6.10. The van der Waals surface area contributed by atoms with Crippen LogP contribution in [0.2, 0.25) is 0 Å². The molecule has 8 nitrogen and oxygen atoms in total. The quantitative estimate of drug-likeness (QED) is 0.726. The molecule has 0 saturated carbocycles. The molecule has 2 N–H and O–H groups in total. The fraction of sp³-hybridized carbons (Fsp3) is 0.650. The number of carboxylic acid groups (broad SMARTS) is 1. The van der Waals surface area contributed by atoms with Gasteiger partial charge in [-0.1, -0.05) is 6.92 Å². The number of aromatic carboxylic acids is 1. The van der Waals surface area contributed by atoms with Crippen LogP contribution in [-0.2, 0) is 9.53 Å². The number of rotatable bonds is 7. The number of aromatic nitrogens is 1. The number of hydrogen-bond donors (Lipinski definition) is 2. The second-order valence-corrected chi connectivity index (χ2v) is 7.53. The van der Waals surface area contributed by atoms with Crippen LogP contribution in [0.5, 0.6) is 0 Å². The molecule has 3 rings (SSSR count). The molecule has 3 heterocycles. The van der Waals surface area contributed by atoms with Crippen LogP contribution < -0.4 is 10.2 Å².